The predicted octanol–water partition coefficient (Wildman–Crippen LogP) is 2.56. The summed E-state index contributed by atoms with van der Waals surface area (Å²) in [5.41, 5.74) is 2.75. The second-order valence-electron chi connectivity index (χ2n) is 8.00. The molecular formula is C20H25ClN6O4. The number of carbonyl (C=O) groups excluding carboxylic acids is 1. The zero-order chi connectivity index (χ0) is 22.1. The topological polar surface area (TPSA) is 124 Å². The summed E-state index contributed by atoms with van der Waals surface area (Å²) in [5, 5.41) is 23.7. The van der Waals surface area contributed by atoms with Crippen molar-refractivity contribution in [3.63, 3.8) is 0 Å². The van der Waals surface area contributed by atoms with Gasteiger partial charge in [-0.05, 0) is 43.5 Å². The van der Waals surface area contributed by atoms with Crippen LogP contribution < -0.4 is 10.6 Å². The fraction of sp³-hybridized carbons (Fsp3) is 0.500. The van der Waals surface area contributed by atoms with Gasteiger partial charge in [0.25, 0.3) is 0 Å². The largest absolute Gasteiger partial charge is 0.465 e. The van der Waals surface area contributed by atoms with Crippen molar-refractivity contribution < 1.29 is 19.1 Å². The van der Waals surface area contributed by atoms with Gasteiger partial charge in [0.15, 0.2) is 0 Å². The molecule has 11 heteroatoms. The highest BCUT2D eigenvalue weighted by atomic mass is 35.5. The van der Waals surface area contributed by atoms with Crippen molar-refractivity contribution in [3.8, 4) is 0 Å². The third kappa shape index (κ3) is 4.59. The Bertz CT molecular complexity index is 996. The van der Waals surface area contributed by atoms with Gasteiger partial charge in [-0.25, -0.2) is 4.79 Å². The van der Waals surface area contributed by atoms with E-state index in [2.05, 4.69) is 25.7 Å². The van der Waals surface area contributed by atoms with Crippen molar-refractivity contribution >= 4 is 35.3 Å². The monoisotopic (exact) mass is 448 g/mol. The Balaban J connectivity index is 1.47. The first-order valence-corrected chi connectivity index (χ1v) is 10.6. The molecule has 4 rings (SSSR count). The van der Waals surface area contributed by atoms with E-state index in [0.29, 0.717) is 50.1 Å². The highest BCUT2D eigenvalue weighted by Gasteiger charge is 2.31. The average Bonchev–Trinajstić information content (AvgIpc) is 3.33. The molecule has 166 valence electrons. The Morgan fingerprint density at radius 3 is 2.87 bits per heavy atom. The third-order valence-corrected chi connectivity index (χ3v) is 6.08. The first kappa shape index (κ1) is 21.4. The Morgan fingerprint density at radius 2 is 2.19 bits per heavy atom. The third-order valence-electron chi connectivity index (χ3n) is 5.86. The molecule has 1 unspecified atom stereocenters. The molecule has 3 N–H and O–H groups in total. The van der Waals surface area contributed by atoms with E-state index in [1.165, 1.54) is 4.90 Å². The van der Waals surface area contributed by atoms with Crippen LogP contribution in [0, 0.1) is 6.92 Å². The van der Waals surface area contributed by atoms with Crippen LogP contribution in [0.5, 0.6) is 0 Å². The number of piperazine rings is 1. The lowest BCUT2D eigenvalue weighted by Crippen LogP contribution is -2.53. The van der Waals surface area contributed by atoms with Crippen molar-refractivity contribution in [3.05, 3.63) is 34.2 Å². The molecule has 10 nitrogen and oxygen atoms in total. The maximum Gasteiger partial charge on any atom is 0.407 e. The normalized spacial score (nSPS) is 21.9. The highest BCUT2D eigenvalue weighted by Crippen LogP contribution is 2.30. The quantitative estimate of drug-likeness (QED) is 0.637. The standard InChI is InChI=1S/C20H25ClN6O4/c1-11-9-26(5-6-27(11)20(29)30)10-13-7-14(21)8-16(12(13)2)23-19-25-24-18(31-19)15-3-4-22-17(15)28/h7-8,11,15H,3-6,9-10H2,1-2H3,(H,22,28)(H,23,25)(H,29,30)/t11-,15?/m0/s1. The molecule has 2 aliphatic rings. The van der Waals surface area contributed by atoms with Gasteiger partial charge in [-0.2, -0.15) is 0 Å². The van der Waals surface area contributed by atoms with E-state index in [-0.39, 0.29) is 18.0 Å². The molecule has 2 aromatic rings. The molecule has 0 bridgehead atoms. The SMILES string of the molecule is Cc1c(CN2CCN(C(=O)O)[C@@H](C)C2)cc(Cl)cc1Nc1nnc(C2CCNC2=O)o1. The Hall–Kier alpha value is -2.85. The maximum absolute atomic E-state index is 11.8. The number of anilines is 2. The maximum atomic E-state index is 11.8. The van der Waals surface area contributed by atoms with Crippen LogP contribution in [-0.4, -0.2) is 69.3 Å². The van der Waals surface area contributed by atoms with E-state index in [0.717, 1.165) is 16.8 Å². The second kappa shape index (κ2) is 8.72. The number of benzene rings is 1. The lowest BCUT2D eigenvalue weighted by molar-refractivity contribution is -0.120. The van der Waals surface area contributed by atoms with Gasteiger partial charge in [-0.15, -0.1) is 5.10 Å². The van der Waals surface area contributed by atoms with Crippen LogP contribution in [0.3, 0.4) is 0 Å². The number of carbonyl (C=O) groups is 2. The van der Waals surface area contributed by atoms with Gasteiger partial charge in [-0.1, -0.05) is 16.7 Å². The molecule has 3 heterocycles. The molecule has 0 saturated carbocycles. The summed E-state index contributed by atoms with van der Waals surface area (Å²) < 4.78 is 5.67. The predicted molar refractivity (Wildman–Crippen MR) is 114 cm³/mol. The van der Waals surface area contributed by atoms with Crippen LogP contribution in [0.4, 0.5) is 16.5 Å². The lowest BCUT2D eigenvalue weighted by atomic mass is 10.0. The molecule has 2 saturated heterocycles. The fourth-order valence-corrected chi connectivity index (χ4v) is 4.34. The molecule has 0 radical (unpaired) electrons. The number of nitrogens with zero attached hydrogens (tertiary/aromatic N) is 4. The molecule has 0 spiro atoms. The summed E-state index contributed by atoms with van der Waals surface area (Å²) >= 11 is 6.36. The van der Waals surface area contributed by atoms with Gasteiger partial charge in [0.2, 0.25) is 11.8 Å². The summed E-state index contributed by atoms with van der Waals surface area (Å²) in [5.74, 6) is -0.220. The molecule has 2 fully saturated rings. The van der Waals surface area contributed by atoms with Gasteiger partial charge >= 0.3 is 12.1 Å². The zero-order valence-corrected chi connectivity index (χ0v) is 18.1. The number of nitrogens with one attached hydrogen (secondary N) is 2. The Labute approximate surface area is 184 Å². The van der Waals surface area contributed by atoms with Gasteiger partial charge in [0.05, 0.1) is 0 Å². The van der Waals surface area contributed by atoms with Crippen molar-refractivity contribution in [2.24, 2.45) is 0 Å². The van der Waals surface area contributed by atoms with Crippen LogP contribution in [0.15, 0.2) is 16.5 Å². The summed E-state index contributed by atoms with van der Waals surface area (Å²) in [6.07, 6.45) is -0.249. The molecule has 31 heavy (non-hydrogen) atoms. The molecule has 1 aromatic heterocycles. The molecular weight excluding hydrogens is 424 g/mol. The summed E-state index contributed by atoms with van der Waals surface area (Å²) in [6, 6.07) is 3.83. The van der Waals surface area contributed by atoms with Crippen LogP contribution in [-0.2, 0) is 11.3 Å². The van der Waals surface area contributed by atoms with Crippen LogP contribution in [0.1, 0.15) is 36.3 Å². The Morgan fingerprint density at radius 1 is 1.39 bits per heavy atom. The summed E-state index contributed by atoms with van der Waals surface area (Å²) in [4.78, 5) is 26.8. The van der Waals surface area contributed by atoms with Gasteiger partial charge in [0, 0.05) is 49.5 Å². The van der Waals surface area contributed by atoms with Crippen LogP contribution in [0.25, 0.3) is 0 Å². The smallest absolute Gasteiger partial charge is 0.407 e. The summed E-state index contributed by atoms with van der Waals surface area (Å²) in [6.45, 7) is 6.92. The summed E-state index contributed by atoms with van der Waals surface area (Å²) in [7, 11) is 0. The first-order chi connectivity index (χ1) is 14.8. The van der Waals surface area contributed by atoms with Crippen LogP contribution in [0.2, 0.25) is 5.02 Å². The van der Waals surface area contributed by atoms with Crippen molar-refractivity contribution in [2.45, 2.75) is 38.8 Å². The molecule has 1 aromatic carbocycles. The van der Waals surface area contributed by atoms with Gasteiger partial charge < -0.3 is 25.1 Å². The van der Waals surface area contributed by atoms with Gasteiger partial charge in [0.1, 0.15) is 5.92 Å². The number of hydrogen-bond donors (Lipinski definition) is 3. The van der Waals surface area contributed by atoms with Crippen molar-refractivity contribution in [2.75, 3.05) is 31.5 Å². The van der Waals surface area contributed by atoms with E-state index < -0.39 is 12.0 Å². The van der Waals surface area contributed by atoms with Crippen molar-refractivity contribution in [1.82, 2.24) is 25.3 Å². The second-order valence-corrected chi connectivity index (χ2v) is 8.44. The molecule has 2 amide bonds. The van der Waals surface area contributed by atoms with E-state index in [1.807, 2.05) is 19.9 Å². The van der Waals surface area contributed by atoms with E-state index in [1.54, 1.807) is 6.07 Å². The van der Waals surface area contributed by atoms with Gasteiger partial charge in [-0.3, -0.25) is 9.69 Å². The van der Waals surface area contributed by atoms with E-state index in [4.69, 9.17) is 16.0 Å². The number of amides is 2. The number of hydrogen-bond acceptors (Lipinski definition) is 7. The number of rotatable bonds is 5. The van der Waals surface area contributed by atoms with E-state index >= 15 is 0 Å². The number of carboxylic acid groups (broad SMARTS) is 1. The lowest BCUT2D eigenvalue weighted by Gasteiger charge is -2.38. The van der Waals surface area contributed by atoms with Crippen molar-refractivity contribution in [1.29, 1.82) is 0 Å². The molecule has 0 aliphatic carbocycles. The first-order valence-electron chi connectivity index (χ1n) is 10.2. The fourth-order valence-electron chi connectivity index (χ4n) is 4.10. The number of halogens is 1. The minimum atomic E-state index is -0.883. The minimum Gasteiger partial charge on any atom is -0.465 e. The van der Waals surface area contributed by atoms with E-state index in [9.17, 15) is 14.7 Å². The van der Waals surface area contributed by atoms with Crippen LogP contribution >= 0.6 is 11.6 Å². The zero-order valence-electron chi connectivity index (χ0n) is 17.4. The molecule has 2 atom stereocenters. The Kier molecular flexibility index (Phi) is 6.01. The molecule has 2 aliphatic heterocycles. The average molecular weight is 449 g/mol. The highest BCUT2D eigenvalue weighted by molar-refractivity contribution is 6.31. The number of aromatic nitrogens is 2. The minimum absolute atomic E-state index is 0.0760.